The van der Waals surface area contributed by atoms with E-state index in [1.54, 1.807) is 17.0 Å². The molecule has 154 valence electrons. The van der Waals surface area contributed by atoms with E-state index in [4.69, 9.17) is 10.5 Å². The first kappa shape index (κ1) is 18.9. The number of nitrogens with zero attached hydrogens (tertiary/aromatic N) is 2. The number of para-hydroxylation sites is 2. The number of rotatable bonds is 4. The van der Waals surface area contributed by atoms with Crippen molar-refractivity contribution < 1.29 is 14.3 Å². The van der Waals surface area contributed by atoms with Crippen molar-refractivity contribution in [2.24, 2.45) is 5.73 Å². The van der Waals surface area contributed by atoms with Gasteiger partial charge in [-0.25, -0.2) is 9.78 Å². The van der Waals surface area contributed by atoms with Gasteiger partial charge in [0.1, 0.15) is 24.0 Å². The van der Waals surface area contributed by atoms with Crippen molar-refractivity contribution in [2.75, 3.05) is 4.90 Å². The zero-order valence-corrected chi connectivity index (χ0v) is 16.6. The van der Waals surface area contributed by atoms with Gasteiger partial charge in [0.15, 0.2) is 0 Å². The van der Waals surface area contributed by atoms with Crippen molar-refractivity contribution in [1.29, 1.82) is 0 Å². The third-order valence-corrected chi connectivity index (χ3v) is 5.49. The lowest BCUT2D eigenvalue weighted by Gasteiger charge is -2.23. The molecule has 1 aliphatic heterocycles. The topological polar surface area (TPSA) is 101 Å². The summed E-state index contributed by atoms with van der Waals surface area (Å²) < 4.78 is 5.63. The molecule has 0 fully saturated rings. The zero-order chi connectivity index (χ0) is 21.4. The van der Waals surface area contributed by atoms with Gasteiger partial charge in [-0.15, -0.1) is 0 Å². The van der Waals surface area contributed by atoms with Crippen molar-refractivity contribution in [3.05, 3.63) is 95.3 Å². The molecule has 7 nitrogen and oxygen atoms in total. The van der Waals surface area contributed by atoms with E-state index >= 15 is 0 Å². The highest BCUT2D eigenvalue weighted by molar-refractivity contribution is 6.04. The van der Waals surface area contributed by atoms with Gasteiger partial charge in [-0.2, -0.15) is 0 Å². The molecule has 0 saturated carbocycles. The molecule has 2 amide bonds. The van der Waals surface area contributed by atoms with Crippen LogP contribution in [0.2, 0.25) is 0 Å². The Bertz CT molecular complexity index is 1280. The van der Waals surface area contributed by atoms with Gasteiger partial charge < -0.3 is 15.5 Å². The molecule has 2 heterocycles. The van der Waals surface area contributed by atoms with E-state index in [1.165, 1.54) is 0 Å². The zero-order valence-electron chi connectivity index (χ0n) is 16.6. The molecule has 0 unspecified atom stereocenters. The van der Waals surface area contributed by atoms with Gasteiger partial charge >= 0.3 is 6.09 Å². The first-order chi connectivity index (χ1) is 15.1. The van der Waals surface area contributed by atoms with Crippen LogP contribution in [0.5, 0.6) is 0 Å². The summed E-state index contributed by atoms with van der Waals surface area (Å²) in [6, 6.07) is 22.1. The summed E-state index contributed by atoms with van der Waals surface area (Å²) in [5, 5.41) is 0. The Balaban J connectivity index is 1.50. The van der Waals surface area contributed by atoms with Gasteiger partial charge in [0, 0.05) is 6.42 Å². The molecular weight excluding hydrogens is 392 g/mol. The Morgan fingerprint density at radius 2 is 1.81 bits per heavy atom. The lowest BCUT2D eigenvalue weighted by atomic mass is 10.1. The number of aromatic amines is 1. The number of amides is 2. The summed E-state index contributed by atoms with van der Waals surface area (Å²) >= 11 is 0. The number of carbonyl (C=O) groups excluding carboxylic acids is 2. The summed E-state index contributed by atoms with van der Waals surface area (Å²) in [5.41, 5.74) is 9.77. The Labute approximate surface area is 178 Å². The maximum Gasteiger partial charge on any atom is 0.415 e. The number of H-pyrrole nitrogens is 1. The molecule has 4 aromatic rings. The number of primary amides is 1. The maximum atomic E-state index is 13.1. The molecule has 0 radical (unpaired) electrons. The number of hydrogen-bond donors (Lipinski definition) is 2. The Hall–Kier alpha value is -4.13. The van der Waals surface area contributed by atoms with Crippen LogP contribution in [0, 0.1) is 0 Å². The third kappa shape index (κ3) is 3.40. The fourth-order valence-electron chi connectivity index (χ4n) is 4.03. The predicted molar refractivity (Wildman–Crippen MR) is 117 cm³/mol. The number of fused-ring (bicyclic) bond motifs is 2. The van der Waals surface area contributed by atoms with Gasteiger partial charge in [-0.05, 0) is 29.3 Å². The average Bonchev–Trinajstić information content (AvgIpc) is 3.39. The van der Waals surface area contributed by atoms with Crippen molar-refractivity contribution in [2.45, 2.75) is 19.1 Å². The monoisotopic (exact) mass is 412 g/mol. The molecule has 0 bridgehead atoms. The Morgan fingerprint density at radius 1 is 1.03 bits per heavy atom. The first-order valence-electron chi connectivity index (χ1n) is 9.98. The molecule has 1 atom stereocenters. The lowest BCUT2D eigenvalue weighted by Crippen LogP contribution is -2.33. The van der Waals surface area contributed by atoms with Crippen LogP contribution in [-0.2, 0) is 17.8 Å². The van der Waals surface area contributed by atoms with Crippen LogP contribution in [-0.4, -0.2) is 22.0 Å². The fourth-order valence-corrected chi connectivity index (χ4v) is 4.03. The molecule has 1 aliphatic rings. The second kappa shape index (κ2) is 7.60. The van der Waals surface area contributed by atoms with Gasteiger partial charge in [-0.1, -0.05) is 54.6 Å². The molecule has 7 heteroatoms. The van der Waals surface area contributed by atoms with Crippen LogP contribution in [0.3, 0.4) is 0 Å². The van der Waals surface area contributed by atoms with Crippen LogP contribution < -0.4 is 10.6 Å². The number of benzene rings is 3. The van der Waals surface area contributed by atoms with Crippen molar-refractivity contribution in [3.63, 3.8) is 0 Å². The van der Waals surface area contributed by atoms with E-state index in [0.29, 0.717) is 28.8 Å². The van der Waals surface area contributed by atoms with E-state index in [0.717, 1.165) is 16.8 Å². The van der Waals surface area contributed by atoms with Crippen molar-refractivity contribution >= 4 is 28.7 Å². The second-order valence-electron chi connectivity index (χ2n) is 7.45. The normalized spacial score (nSPS) is 15.1. The molecule has 3 aromatic carbocycles. The molecule has 0 saturated heterocycles. The number of anilines is 1. The molecule has 31 heavy (non-hydrogen) atoms. The highest BCUT2D eigenvalue weighted by Gasteiger charge is 2.37. The van der Waals surface area contributed by atoms with Gasteiger partial charge in [0.2, 0.25) is 0 Å². The molecule has 3 N–H and O–H groups in total. The van der Waals surface area contributed by atoms with E-state index < -0.39 is 12.0 Å². The van der Waals surface area contributed by atoms with Crippen LogP contribution in [0.25, 0.3) is 11.0 Å². The SMILES string of the molecule is NC(=O)c1cccc2[nH]c([C@@H]3Cc4ccccc4N3C(=O)OCc3ccccc3)nc12. The number of aromatic nitrogens is 2. The van der Waals surface area contributed by atoms with Gasteiger partial charge in [0.05, 0.1) is 16.8 Å². The number of nitrogens with two attached hydrogens (primary N) is 1. The number of ether oxygens (including phenoxy) is 1. The third-order valence-electron chi connectivity index (χ3n) is 5.49. The van der Waals surface area contributed by atoms with E-state index in [2.05, 4.69) is 9.97 Å². The molecule has 5 rings (SSSR count). The largest absolute Gasteiger partial charge is 0.444 e. The minimum absolute atomic E-state index is 0.178. The quantitative estimate of drug-likeness (QED) is 0.527. The Morgan fingerprint density at radius 3 is 2.61 bits per heavy atom. The first-order valence-corrected chi connectivity index (χ1v) is 9.98. The summed E-state index contributed by atoms with van der Waals surface area (Å²) in [7, 11) is 0. The number of carbonyl (C=O) groups is 2. The second-order valence-corrected chi connectivity index (χ2v) is 7.45. The van der Waals surface area contributed by atoms with E-state index in [1.807, 2.05) is 60.7 Å². The summed E-state index contributed by atoms with van der Waals surface area (Å²) in [5.74, 6) is 0.0362. The fraction of sp³-hybridized carbons (Fsp3) is 0.125. The van der Waals surface area contributed by atoms with Crippen LogP contribution in [0.15, 0.2) is 72.8 Å². The summed E-state index contributed by atoms with van der Waals surface area (Å²) in [6.45, 7) is 0.178. The smallest absolute Gasteiger partial charge is 0.415 e. The standard InChI is InChI=1S/C24H20N4O3/c25-22(29)17-10-6-11-18-21(17)27-23(26-18)20-13-16-9-4-5-12-19(16)28(20)24(30)31-14-15-7-2-1-3-8-15/h1-12,20H,13-14H2,(H2,25,29)(H,26,27)/t20-/m0/s1. The van der Waals surface area contributed by atoms with Gasteiger partial charge in [0.25, 0.3) is 5.91 Å². The lowest BCUT2D eigenvalue weighted by molar-refractivity contribution is 0.100. The minimum Gasteiger partial charge on any atom is -0.444 e. The Kier molecular flexibility index (Phi) is 4.63. The van der Waals surface area contributed by atoms with E-state index in [9.17, 15) is 9.59 Å². The van der Waals surface area contributed by atoms with Crippen LogP contribution in [0.4, 0.5) is 10.5 Å². The van der Waals surface area contributed by atoms with Crippen LogP contribution in [0.1, 0.15) is 33.4 Å². The number of hydrogen-bond acceptors (Lipinski definition) is 4. The van der Waals surface area contributed by atoms with Crippen molar-refractivity contribution in [1.82, 2.24) is 9.97 Å². The van der Waals surface area contributed by atoms with Crippen molar-refractivity contribution in [3.8, 4) is 0 Å². The highest BCUT2D eigenvalue weighted by Crippen LogP contribution is 2.40. The number of imidazole rings is 1. The van der Waals surface area contributed by atoms with Crippen LogP contribution >= 0.6 is 0 Å². The van der Waals surface area contributed by atoms with E-state index in [-0.39, 0.29) is 12.6 Å². The summed E-state index contributed by atoms with van der Waals surface area (Å²) in [6.07, 6.45) is 0.136. The molecule has 1 aromatic heterocycles. The predicted octanol–water partition coefficient (Wildman–Crippen LogP) is 4.10. The average molecular weight is 412 g/mol. The summed E-state index contributed by atoms with van der Waals surface area (Å²) in [4.78, 5) is 34.5. The minimum atomic E-state index is -0.544. The molecular formula is C24H20N4O3. The molecule has 0 aliphatic carbocycles. The maximum absolute atomic E-state index is 13.1. The number of nitrogens with one attached hydrogen (secondary N) is 1. The van der Waals surface area contributed by atoms with Gasteiger partial charge in [-0.3, -0.25) is 9.69 Å². The highest BCUT2D eigenvalue weighted by atomic mass is 16.6. The molecule has 0 spiro atoms.